The Labute approximate surface area is 140 Å². The lowest BCUT2D eigenvalue weighted by molar-refractivity contribution is -0.113. The number of Topliss-reactive ketones (excluding diaryl/α,β-unsaturated/α-hetero) is 1. The zero-order valence-electron chi connectivity index (χ0n) is 14.5. The highest BCUT2D eigenvalue weighted by molar-refractivity contribution is 6.85. The highest BCUT2D eigenvalue weighted by atomic mass is 28.4. The Morgan fingerprint density at radius 1 is 1.26 bits per heavy atom. The van der Waals surface area contributed by atoms with Gasteiger partial charge in [-0.05, 0) is 37.4 Å². The third kappa shape index (κ3) is 4.63. The molecule has 1 aliphatic heterocycles. The molecule has 0 bridgehead atoms. The van der Waals surface area contributed by atoms with Crippen LogP contribution in [0.25, 0.3) is 0 Å². The quantitative estimate of drug-likeness (QED) is 0.522. The van der Waals surface area contributed by atoms with Crippen molar-refractivity contribution in [2.45, 2.75) is 58.4 Å². The molecule has 0 saturated heterocycles. The summed E-state index contributed by atoms with van der Waals surface area (Å²) in [4.78, 5) is 11.9. The van der Waals surface area contributed by atoms with Gasteiger partial charge in [0.15, 0.2) is 5.78 Å². The average molecular weight is 333 g/mol. The number of allylic oxidation sites excluding steroid dienone is 1. The number of hydrogen-bond donors (Lipinski definition) is 0. The minimum absolute atomic E-state index is 0.194. The summed E-state index contributed by atoms with van der Waals surface area (Å²) in [6.45, 7) is 7.32. The molecule has 0 fully saturated rings. The second kappa shape index (κ2) is 8.57. The molecule has 0 aliphatic carbocycles. The lowest BCUT2D eigenvalue weighted by Gasteiger charge is -2.38. The molecule has 1 unspecified atom stereocenters. The number of carbonyl (C=O) groups is 1. The Bertz CT molecular complexity index is 535. The van der Waals surface area contributed by atoms with Crippen LogP contribution in [0.2, 0.25) is 12.1 Å². The van der Waals surface area contributed by atoms with Crippen molar-refractivity contribution in [2.24, 2.45) is 0 Å². The van der Waals surface area contributed by atoms with Gasteiger partial charge < -0.3 is 9.16 Å². The van der Waals surface area contributed by atoms with E-state index in [4.69, 9.17) is 9.16 Å². The molecule has 3 nitrogen and oxygen atoms in total. The maximum Gasteiger partial charge on any atom is 0.227 e. The number of ketones is 1. The second-order valence-electron chi connectivity index (χ2n) is 6.18. The highest BCUT2D eigenvalue weighted by Crippen LogP contribution is 2.33. The standard InChI is InChI=1S/C19H28O3Si/c1-4-23(5-2)19(16(3)20)12-11-18(22-23)13-14-21-15-17-9-7-6-8-10-17/h6-10,12,18H,4-5,11,13-15H2,1-3H3. The van der Waals surface area contributed by atoms with Crippen LogP contribution in [0.15, 0.2) is 41.6 Å². The molecule has 0 amide bonds. The number of hydrogen-bond acceptors (Lipinski definition) is 3. The van der Waals surface area contributed by atoms with Gasteiger partial charge in [-0.15, -0.1) is 0 Å². The van der Waals surface area contributed by atoms with E-state index in [-0.39, 0.29) is 11.9 Å². The van der Waals surface area contributed by atoms with Crippen molar-refractivity contribution in [3.8, 4) is 0 Å². The molecule has 0 aromatic heterocycles. The van der Waals surface area contributed by atoms with Crippen LogP contribution in [0.1, 0.15) is 39.2 Å². The van der Waals surface area contributed by atoms with Crippen molar-refractivity contribution < 1.29 is 14.0 Å². The van der Waals surface area contributed by atoms with Crippen LogP contribution in [-0.4, -0.2) is 26.8 Å². The van der Waals surface area contributed by atoms with Crippen LogP contribution in [0.3, 0.4) is 0 Å². The maximum absolute atomic E-state index is 11.9. The Balaban J connectivity index is 1.86. The average Bonchev–Trinajstić information content (AvgIpc) is 2.59. The van der Waals surface area contributed by atoms with Crippen LogP contribution < -0.4 is 0 Å². The minimum Gasteiger partial charge on any atom is -0.409 e. The van der Waals surface area contributed by atoms with Crippen LogP contribution in [0.5, 0.6) is 0 Å². The van der Waals surface area contributed by atoms with Gasteiger partial charge in [-0.3, -0.25) is 4.79 Å². The first kappa shape index (κ1) is 18.1. The zero-order chi connectivity index (χ0) is 16.7. The molecule has 0 radical (unpaired) electrons. The fraction of sp³-hybridized carbons (Fsp3) is 0.526. The normalized spacial score (nSPS) is 20.1. The van der Waals surface area contributed by atoms with E-state index in [0.717, 1.165) is 30.1 Å². The third-order valence-corrected chi connectivity index (χ3v) is 9.29. The van der Waals surface area contributed by atoms with Crippen molar-refractivity contribution in [2.75, 3.05) is 6.61 Å². The molecule has 0 spiro atoms. The van der Waals surface area contributed by atoms with Gasteiger partial charge in [-0.2, -0.15) is 0 Å². The van der Waals surface area contributed by atoms with Gasteiger partial charge >= 0.3 is 0 Å². The van der Waals surface area contributed by atoms with Gasteiger partial charge in [0.1, 0.15) is 0 Å². The number of rotatable bonds is 8. The number of carbonyl (C=O) groups excluding carboxylic acids is 1. The number of ether oxygens (including phenoxy) is 1. The lowest BCUT2D eigenvalue weighted by atomic mass is 10.1. The molecule has 2 rings (SSSR count). The SMILES string of the molecule is CC[Si]1(CC)OC(CCOCc2ccccc2)CC=C1C(C)=O. The zero-order valence-corrected chi connectivity index (χ0v) is 15.5. The number of benzene rings is 1. The van der Waals surface area contributed by atoms with Crippen LogP contribution in [0, 0.1) is 0 Å². The van der Waals surface area contributed by atoms with Crippen LogP contribution in [-0.2, 0) is 20.6 Å². The smallest absolute Gasteiger partial charge is 0.227 e. The van der Waals surface area contributed by atoms with Gasteiger partial charge in [0, 0.05) is 11.8 Å². The largest absolute Gasteiger partial charge is 0.409 e. The summed E-state index contributed by atoms with van der Waals surface area (Å²) in [6, 6.07) is 12.2. The first-order chi connectivity index (χ1) is 11.1. The molecule has 0 saturated carbocycles. The molecule has 1 aromatic carbocycles. The summed E-state index contributed by atoms with van der Waals surface area (Å²) in [6.07, 6.45) is 4.06. The van der Waals surface area contributed by atoms with Crippen molar-refractivity contribution in [1.29, 1.82) is 0 Å². The molecule has 126 valence electrons. The van der Waals surface area contributed by atoms with Crippen molar-refractivity contribution >= 4 is 14.1 Å². The van der Waals surface area contributed by atoms with Gasteiger partial charge in [-0.1, -0.05) is 50.3 Å². The molecule has 1 heterocycles. The molecule has 23 heavy (non-hydrogen) atoms. The summed E-state index contributed by atoms with van der Waals surface area (Å²) in [5.41, 5.74) is 1.20. The van der Waals surface area contributed by atoms with E-state index in [1.54, 1.807) is 6.92 Å². The Morgan fingerprint density at radius 3 is 2.57 bits per heavy atom. The van der Waals surface area contributed by atoms with Gasteiger partial charge in [0.25, 0.3) is 0 Å². The monoisotopic (exact) mass is 332 g/mol. The summed E-state index contributed by atoms with van der Waals surface area (Å²) >= 11 is 0. The Kier molecular flexibility index (Phi) is 6.75. The highest BCUT2D eigenvalue weighted by Gasteiger charge is 2.42. The van der Waals surface area contributed by atoms with Gasteiger partial charge in [0.05, 0.1) is 12.7 Å². The lowest BCUT2D eigenvalue weighted by Crippen LogP contribution is -2.48. The summed E-state index contributed by atoms with van der Waals surface area (Å²) in [5, 5.41) is 0.990. The van der Waals surface area contributed by atoms with Crippen molar-refractivity contribution in [3.63, 3.8) is 0 Å². The van der Waals surface area contributed by atoms with Crippen molar-refractivity contribution in [1.82, 2.24) is 0 Å². The van der Waals surface area contributed by atoms with Gasteiger partial charge in [0.2, 0.25) is 8.32 Å². The summed E-state index contributed by atoms with van der Waals surface area (Å²) in [7, 11) is -2.05. The molecule has 1 atom stereocenters. The first-order valence-corrected chi connectivity index (χ1v) is 10.9. The third-order valence-electron chi connectivity index (χ3n) is 4.69. The van der Waals surface area contributed by atoms with E-state index in [1.807, 2.05) is 18.2 Å². The second-order valence-corrected chi connectivity index (χ2v) is 10.4. The maximum atomic E-state index is 11.9. The van der Waals surface area contributed by atoms with Crippen molar-refractivity contribution in [3.05, 3.63) is 47.2 Å². The van der Waals surface area contributed by atoms with E-state index in [1.165, 1.54) is 5.56 Å². The molecule has 1 aliphatic rings. The predicted molar refractivity (Wildman–Crippen MR) is 95.7 cm³/mol. The Morgan fingerprint density at radius 2 is 1.96 bits per heavy atom. The summed E-state index contributed by atoms with van der Waals surface area (Å²) < 4.78 is 12.2. The summed E-state index contributed by atoms with van der Waals surface area (Å²) in [5.74, 6) is 0.194. The van der Waals surface area contributed by atoms with Crippen LogP contribution >= 0.6 is 0 Å². The van der Waals surface area contributed by atoms with Gasteiger partial charge in [-0.25, -0.2) is 0 Å². The molecular weight excluding hydrogens is 304 g/mol. The molecular formula is C19H28O3Si. The topological polar surface area (TPSA) is 35.5 Å². The fourth-order valence-corrected chi connectivity index (χ4v) is 6.99. The van der Waals surface area contributed by atoms with Crippen LogP contribution in [0.4, 0.5) is 0 Å². The van der Waals surface area contributed by atoms with E-state index in [2.05, 4.69) is 32.1 Å². The predicted octanol–water partition coefficient (Wildman–Crippen LogP) is 4.42. The Hall–Kier alpha value is -1.23. The van der Waals surface area contributed by atoms with E-state index >= 15 is 0 Å². The minimum atomic E-state index is -2.05. The van der Waals surface area contributed by atoms with E-state index < -0.39 is 8.32 Å². The fourth-order valence-electron chi connectivity index (χ4n) is 3.28. The van der Waals surface area contributed by atoms with E-state index in [9.17, 15) is 4.79 Å². The first-order valence-electron chi connectivity index (χ1n) is 8.62. The molecule has 1 aromatic rings. The molecule has 0 N–H and O–H groups in total. The molecule has 4 heteroatoms. The van der Waals surface area contributed by atoms with E-state index in [0.29, 0.717) is 13.2 Å².